The Balaban J connectivity index is 1.08. The molecule has 80 heavy (non-hydrogen) atoms. The zero-order valence-electron chi connectivity index (χ0n) is 45.4. The number of carboxylic acid groups (broad SMARTS) is 1. The van der Waals surface area contributed by atoms with Gasteiger partial charge < -0.3 is 85.2 Å². The van der Waals surface area contributed by atoms with E-state index >= 15 is 0 Å². The highest BCUT2D eigenvalue weighted by Gasteiger charge is 2.38. The van der Waals surface area contributed by atoms with E-state index in [-0.39, 0.29) is 80.6 Å². The molecule has 0 bridgehead atoms. The molecular formula is C53H65ClN10O16. The van der Waals surface area contributed by atoms with Gasteiger partial charge in [-0.15, -0.1) is 11.6 Å². The molecule has 6 rings (SSSR count). The number of carbonyl (C=O) groups excluding carboxylic acids is 8. The lowest BCUT2D eigenvalue weighted by Crippen LogP contribution is -2.54. The second-order valence-corrected chi connectivity index (χ2v) is 19.3. The normalized spacial score (nSPS) is 13.4. The van der Waals surface area contributed by atoms with Crippen molar-refractivity contribution in [1.29, 1.82) is 0 Å². The number of H-pyrrole nitrogens is 2. The Kier molecular flexibility index (Phi) is 20.4. The summed E-state index contributed by atoms with van der Waals surface area (Å²) in [6.45, 7) is 3.41. The van der Waals surface area contributed by atoms with Crippen LogP contribution in [-0.4, -0.2) is 165 Å². The number of nitrogens with one attached hydrogen (secondary N) is 6. The van der Waals surface area contributed by atoms with Crippen LogP contribution in [0.4, 0.5) is 25.8 Å². The summed E-state index contributed by atoms with van der Waals surface area (Å²) in [4.78, 5) is 126. The number of urea groups is 1. The molecule has 0 aliphatic carbocycles. The third-order valence-electron chi connectivity index (χ3n) is 13.1. The minimum atomic E-state index is -1.18. The molecular weight excluding hydrogens is 1070 g/mol. The molecule has 0 unspecified atom stereocenters. The monoisotopic (exact) mass is 1130 g/mol. The summed E-state index contributed by atoms with van der Waals surface area (Å²) in [5, 5.41) is 20.4. The predicted octanol–water partition coefficient (Wildman–Crippen LogP) is 5.02. The summed E-state index contributed by atoms with van der Waals surface area (Å²) in [5.41, 5.74) is 8.08. The number of carboxylic acids is 1. The van der Waals surface area contributed by atoms with E-state index in [0.717, 1.165) is 0 Å². The van der Waals surface area contributed by atoms with Crippen molar-refractivity contribution in [3.8, 4) is 23.0 Å². The molecule has 0 radical (unpaired) electrons. The number of hydrogen-bond donors (Lipinski definition) is 8. The summed E-state index contributed by atoms with van der Waals surface area (Å²) in [6.07, 6.45) is -2.03. The maximum absolute atomic E-state index is 14.5. The lowest BCUT2D eigenvalue weighted by molar-refractivity contribution is -0.139. The van der Waals surface area contributed by atoms with Crippen LogP contribution in [0, 0.1) is 5.92 Å². The number of methoxy groups -OCH3 is 4. The number of rotatable bonds is 25. The number of ether oxygens (including phenoxy) is 6. The number of halogens is 1. The second-order valence-electron chi connectivity index (χ2n) is 19.0. The number of esters is 1. The van der Waals surface area contributed by atoms with Gasteiger partial charge in [0.2, 0.25) is 23.5 Å². The lowest BCUT2D eigenvalue weighted by Gasteiger charge is -2.25. The van der Waals surface area contributed by atoms with Crippen LogP contribution in [0.25, 0.3) is 21.8 Å². The van der Waals surface area contributed by atoms with Crippen LogP contribution in [0.1, 0.15) is 77.6 Å². The van der Waals surface area contributed by atoms with E-state index in [0.29, 0.717) is 56.0 Å². The van der Waals surface area contributed by atoms with E-state index in [4.69, 9.17) is 50.9 Å². The summed E-state index contributed by atoms with van der Waals surface area (Å²) in [7, 11) is 8.57. The number of anilines is 2. The smallest absolute Gasteiger partial charge is 0.415 e. The summed E-state index contributed by atoms with van der Waals surface area (Å²) < 4.78 is 33.1. The molecule has 430 valence electrons. The van der Waals surface area contributed by atoms with Crippen molar-refractivity contribution in [3.63, 3.8) is 0 Å². The van der Waals surface area contributed by atoms with Gasteiger partial charge in [-0.2, -0.15) is 0 Å². The third-order valence-corrected chi connectivity index (χ3v) is 13.5. The Labute approximate surface area is 464 Å². The van der Waals surface area contributed by atoms with Gasteiger partial charge in [-0.3, -0.25) is 24.0 Å². The van der Waals surface area contributed by atoms with Gasteiger partial charge in [0, 0.05) is 81.0 Å². The molecule has 26 nitrogen and oxygen atoms in total. The summed E-state index contributed by atoms with van der Waals surface area (Å²) >= 11 is 6.54. The van der Waals surface area contributed by atoms with Crippen LogP contribution >= 0.6 is 11.6 Å². The minimum Gasteiger partial charge on any atom is -0.493 e. The highest BCUT2D eigenvalue weighted by atomic mass is 35.5. The number of aromatic nitrogens is 2. The molecule has 2 aromatic heterocycles. The first-order valence-corrected chi connectivity index (χ1v) is 25.7. The van der Waals surface area contributed by atoms with E-state index in [9.17, 15) is 43.2 Å². The Morgan fingerprint density at radius 3 is 2.10 bits per heavy atom. The first kappa shape index (κ1) is 60.3. The molecule has 0 saturated heterocycles. The number of aromatic amines is 2. The Morgan fingerprint density at radius 2 is 1.49 bits per heavy atom. The Morgan fingerprint density at radius 1 is 0.812 bits per heavy atom. The topological polar surface area (TPSA) is 345 Å². The first-order chi connectivity index (χ1) is 38.1. The number of amides is 8. The third kappa shape index (κ3) is 14.4. The van der Waals surface area contributed by atoms with E-state index in [2.05, 4.69) is 31.2 Å². The molecule has 9 N–H and O–H groups in total. The zero-order valence-corrected chi connectivity index (χ0v) is 46.1. The van der Waals surface area contributed by atoms with Crippen LogP contribution < -0.4 is 50.8 Å². The lowest BCUT2D eigenvalue weighted by atomic mass is 9.98. The molecule has 3 atom stereocenters. The fourth-order valence-electron chi connectivity index (χ4n) is 8.83. The fraction of sp³-hybridized carbons (Fsp3) is 0.415. The van der Waals surface area contributed by atoms with Gasteiger partial charge in [-0.05, 0) is 60.2 Å². The van der Waals surface area contributed by atoms with E-state index in [1.807, 2.05) is 0 Å². The maximum atomic E-state index is 14.5. The molecule has 0 spiro atoms. The van der Waals surface area contributed by atoms with Gasteiger partial charge in [0.15, 0.2) is 17.2 Å². The molecule has 1 aliphatic heterocycles. The zero-order chi connectivity index (χ0) is 58.5. The number of nitrogens with two attached hydrogens (primary N) is 1. The van der Waals surface area contributed by atoms with Crippen molar-refractivity contribution >= 4 is 98.6 Å². The molecule has 5 aromatic rings. The van der Waals surface area contributed by atoms with Crippen molar-refractivity contribution in [3.05, 3.63) is 71.0 Å². The van der Waals surface area contributed by atoms with E-state index in [1.54, 1.807) is 56.3 Å². The van der Waals surface area contributed by atoms with Gasteiger partial charge in [0.1, 0.15) is 30.1 Å². The Hall–Kier alpha value is -8.94. The van der Waals surface area contributed by atoms with Gasteiger partial charge in [0.05, 0.1) is 51.6 Å². The number of nitrogens with zero attached hydrogens (tertiary/aromatic N) is 3. The van der Waals surface area contributed by atoms with Gasteiger partial charge in [-0.25, -0.2) is 19.2 Å². The van der Waals surface area contributed by atoms with Crippen LogP contribution in [-0.2, 0) is 35.3 Å². The minimum absolute atomic E-state index is 0.00200. The number of alkyl halides is 1. The average molecular weight is 1130 g/mol. The highest BCUT2D eigenvalue weighted by molar-refractivity contribution is 6.19. The average Bonchev–Trinajstić information content (AvgIpc) is 4.40. The maximum Gasteiger partial charge on any atom is 0.415 e. The number of fused-ring (bicyclic) bond motifs is 4. The van der Waals surface area contributed by atoms with Crippen molar-refractivity contribution in [1.82, 2.24) is 35.7 Å². The quantitative estimate of drug-likeness (QED) is 0.0216. The molecule has 27 heteroatoms. The number of carbonyl (C=O) groups is 9. The van der Waals surface area contributed by atoms with Gasteiger partial charge >= 0.3 is 30.2 Å². The number of benzene rings is 3. The molecule has 0 fully saturated rings. The van der Waals surface area contributed by atoms with Crippen molar-refractivity contribution in [2.24, 2.45) is 11.7 Å². The SMILES string of the molecule is COC(=O)c1cc2c3c(cc(OC(=O)N(C)CCN(C)C(=O)OCc4ccc(NC(=O)[C@H](CCCNC(N)=O)NC(=O)[C@@H](NC(=O)CCC(=O)O)C(C)C)cc4)c2[nH]1)N(C(=O)c1cc2cc(OC)c(OC)c(OC)c2[nH]1)C[C@H]3CCl. The van der Waals surface area contributed by atoms with E-state index < -0.39 is 84.1 Å². The standard InChI is InChI=1S/C53H65ClN10O16/c1-27(2)42(61-39(65)15-16-40(66)67)48(69)60-33(10-9-17-56-51(55)72)47(68)57-31-13-11-28(12-14-31)26-79-52(73)62(3)18-19-63(4)53(74)80-37-23-36-41(32-22-35(50(71)78-8)59-44(32)37)30(24-54)25-64(36)49(70)34-20-29-21-38(75-5)45(76-6)46(77-7)43(29)58-34/h11-14,20-23,27,30,33,42,58-59H,9-10,15-19,24-26H2,1-8H3,(H,57,68)(H,60,69)(H,61,65)(H,66,67)(H3,55,56,72)/t30-,33+,42+/m1/s1. The molecule has 0 saturated carbocycles. The second kappa shape index (κ2) is 27.1. The van der Waals surface area contributed by atoms with Crippen molar-refractivity contribution < 1.29 is 76.7 Å². The van der Waals surface area contributed by atoms with E-state index in [1.165, 1.54) is 63.3 Å². The fourth-order valence-corrected chi connectivity index (χ4v) is 9.08. The predicted molar refractivity (Wildman–Crippen MR) is 292 cm³/mol. The van der Waals surface area contributed by atoms with Gasteiger partial charge in [-0.1, -0.05) is 26.0 Å². The highest BCUT2D eigenvalue weighted by Crippen LogP contribution is 2.47. The van der Waals surface area contributed by atoms with Crippen LogP contribution in [0.3, 0.4) is 0 Å². The molecule has 3 aromatic carbocycles. The van der Waals surface area contributed by atoms with Crippen molar-refractivity contribution in [2.45, 2.75) is 64.1 Å². The van der Waals surface area contributed by atoms with Crippen LogP contribution in [0.15, 0.2) is 48.5 Å². The molecule has 1 aliphatic rings. The summed E-state index contributed by atoms with van der Waals surface area (Å²) in [6, 6.07) is 9.77. The molecule has 3 heterocycles. The van der Waals surface area contributed by atoms with Crippen LogP contribution in [0.2, 0.25) is 0 Å². The van der Waals surface area contributed by atoms with Crippen LogP contribution in [0.5, 0.6) is 23.0 Å². The number of primary amides is 1. The number of likely N-dealkylation sites (N-methyl/N-ethyl adjacent to an activating group) is 2. The molecule has 8 amide bonds. The number of aliphatic carboxylic acids is 1. The summed E-state index contributed by atoms with van der Waals surface area (Å²) in [5.74, 6) is -3.95. The Bertz CT molecular complexity index is 3140. The first-order valence-electron chi connectivity index (χ1n) is 25.2. The largest absolute Gasteiger partial charge is 0.493 e. The number of hydrogen-bond acceptors (Lipinski definition) is 15. The van der Waals surface area contributed by atoms with Crippen molar-refractivity contribution in [2.75, 3.05) is 84.8 Å². The van der Waals surface area contributed by atoms with Gasteiger partial charge in [0.25, 0.3) is 5.91 Å².